The lowest BCUT2D eigenvalue weighted by molar-refractivity contribution is -0.143. The molecule has 0 bridgehead atoms. The first-order chi connectivity index (χ1) is 13.7. The number of halogens is 4. The minimum absolute atomic E-state index is 0.0187. The summed E-state index contributed by atoms with van der Waals surface area (Å²) in [6.45, 7) is 1.50. The Kier molecular flexibility index (Phi) is 5.76. The molecule has 3 rings (SSSR count). The minimum Gasteiger partial charge on any atom is -0.449 e. The molecule has 0 aliphatic heterocycles. The van der Waals surface area contributed by atoms with Crippen LogP contribution in [0.5, 0.6) is 0 Å². The molecule has 3 aromatic rings. The van der Waals surface area contributed by atoms with Crippen LogP contribution in [0, 0.1) is 5.82 Å². The van der Waals surface area contributed by atoms with Crippen LogP contribution in [0.1, 0.15) is 30.0 Å². The SMILES string of the molecule is C[C@@H](OC(=O)/C=C/c1cccc(C(F)(F)F)c1)c1nnc(-c2ccc(F)cc2)o1. The Morgan fingerprint density at radius 3 is 2.55 bits per heavy atom. The van der Waals surface area contributed by atoms with Gasteiger partial charge < -0.3 is 9.15 Å². The topological polar surface area (TPSA) is 65.2 Å². The van der Waals surface area contributed by atoms with E-state index < -0.39 is 29.6 Å². The molecular weight excluding hydrogens is 392 g/mol. The fourth-order valence-electron chi connectivity index (χ4n) is 2.35. The molecule has 0 saturated heterocycles. The zero-order valence-corrected chi connectivity index (χ0v) is 15.0. The molecule has 9 heteroatoms. The highest BCUT2D eigenvalue weighted by Crippen LogP contribution is 2.29. The first-order valence-corrected chi connectivity index (χ1v) is 8.37. The second-order valence-electron chi connectivity index (χ2n) is 5.99. The Bertz CT molecular complexity index is 1030. The average molecular weight is 406 g/mol. The summed E-state index contributed by atoms with van der Waals surface area (Å²) < 4.78 is 61.6. The first-order valence-electron chi connectivity index (χ1n) is 8.37. The molecule has 0 N–H and O–H groups in total. The number of aromatic nitrogens is 2. The predicted molar refractivity (Wildman–Crippen MR) is 94.7 cm³/mol. The number of hydrogen-bond donors (Lipinski definition) is 0. The summed E-state index contributed by atoms with van der Waals surface area (Å²) in [5.41, 5.74) is -0.130. The van der Waals surface area contributed by atoms with E-state index in [9.17, 15) is 22.4 Å². The molecule has 0 radical (unpaired) electrons. The summed E-state index contributed by atoms with van der Waals surface area (Å²) in [5, 5.41) is 7.60. The van der Waals surface area contributed by atoms with Gasteiger partial charge in [-0.25, -0.2) is 9.18 Å². The molecule has 2 aromatic carbocycles. The van der Waals surface area contributed by atoms with E-state index in [1.54, 1.807) is 0 Å². The predicted octanol–water partition coefficient (Wildman–Crippen LogP) is 5.21. The van der Waals surface area contributed by atoms with Crippen molar-refractivity contribution in [2.75, 3.05) is 0 Å². The number of carbonyl (C=O) groups excluding carboxylic acids is 1. The van der Waals surface area contributed by atoms with Gasteiger partial charge in [-0.15, -0.1) is 10.2 Å². The monoisotopic (exact) mass is 406 g/mol. The fourth-order valence-corrected chi connectivity index (χ4v) is 2.35. The van der Waals surface area contributed by atoms with Crippen LogP contribution in [0.25, 0.3) is 17.5 Å². The highest BCUT2D eigenvalue weighted by molar-refractivity contribution is 5.87. The van der Waals surface area contributed by atoms with Crippen molar-refractivity contribution in [3.05, 3.63) is 77.4 Å². The Morgan fingerprint density at radius 2 is 1.86 bits per heavy atom. The van der Waals surface area contributed by atoms with Crippen LogP contribution in [0.4, 0.5) is 17.6 Å². The van der Waals surface area contributed by atoms with E-state index in [1.807, 2.05) is 0 Å². The third kappa shape index (κ3) is 5.28. The molecule has 0 amide bonds. The molecule has 1 heterocycles. The van der Waals surface area contributed by atoms with Crippen LogP contribution < -0.4 is 0 Å². The standard InChI is InChI=1S/C20H14F4N2O3/c1-12(18-25-26-19(29-18)14-6-8-16(21)9-7-14)28-17(27)10-5-13-3-2-4-15(11-13)20(22,23)24/h2-12H,1H3/b10-5+/t12-/m1/s1. The van der Waals surface area contributed by atoms with E-state index in [0.717, 1.165) is 18.2 Å². The summed E-state index contributed by atoms with van der Waals surface area (Å²) in [6.07, 6.45) is -3.15. The maximum Gasteiger partial charge on any atom is 0.416 e. The Balaban J connectivity index is 1.64. The zero-order valence-electron chi connectivity index (χ0n) is 15.0. The van der Waals surface area contributed by atoms with Gasteiger partial charge in [0.25, 0.3) is 5.89 Å². The smallest absolute Gasteiger partial charge is 0.416 e. The molecule has 0 fully saturated rings. The van der Waals surface area contributed by atoms with Crippen molar-refractivity contribution in [1.82, 2.24) is 10.2 Å². The second kappa shape index (κ2) is 8.26. The van der Waals surface area contributed by atoms with Crippen LogP contribution in [0.2, 0.25) is 0 Å². The molecule has 0 unspecified atom stereocenters. The molecule has 29 heavy (non-hydrogen) atoms. The van der Waals surface area contributed by atoms with Gasteiger partial charge in [0, 0.05) is 11.6 Å². The van der Waals surface area contributed by atoms with E-state index in [1.165, 1.54) is 49.4 Å². The lowest BCUT2D eigenvalue weighted by Crippen LogP contribution is -2.06. The number of hydrogen-bond acceptors (Lipinski definition) is 5. The van der Waals surface area contributed by atoms with Gasteiger partial charge in [-0.1, -0.05) is 12.1 Å². The van der Waals surface area contributed by atoms with Crippen molar-refractivity contribution in [2.24, 2.45) is 0 Å². The number of nitrogens with zero attached hydrogens (tertiary/aromatic N) is 2. The Labute approximate surface area is 162 Å². The van der Waals surface area contributed by atoms with Gasteiger partial charge in [0.1, 0.15) is 5.82 Å². The van der Waals surface area contributed by atoms with Crippen molar-refractivity contribution < 1.29 is 31.5 Å². The number of esters is 1. The third-order valence-electron chi connectivity index (χ3n) is 3.80. The average Bonchev–Trinajstić information content (AvgIpc) is 3.17. The summed E-state index contributed by atoms with van der Waals surface area (Å²) in [5.74, 6) is -1.06. The van der Waals surface area contributed by atoms with Gasteiger partial charge in [-0.2, -0.15) is 13.2 Å². The largest absolute Gasteiger partial charge is 0.449 e. The second-order valence-corrected chi connectivity index (χ2v) is 5.99. The fraction of sp³-hybridized carbons (Fsp3) is 0.150. The molecular formula is C20H14F4N2O3. The van der Waals surface area contributed by atoms with Crippen LogP contribution in [-0.2, 0) is 15.7 Å². The van der Waals surface area contributed by atoms with Crippen LogP contribution >= 0.6 is 0 Å². The molecule has 5 nitrogen and oxygen atoms in total. The van der Waals surface area contributed by atoms with E-state index >= 15 is 0 Å². The van der Waals surface area contributed by atoms with Gasteiger partial charge in [0.15, 0.2) is 6.10 Å². The maximum atomic E-state index is 13.0. The first kappa shape index (κ1) is 20.2. The molecule has 0 spiro atoms. The number of ether oxygens (including phenoxy) is 1. The molecule has 1 aromatic heterocycles. The normalized spacial score (nSPS) is 12.9. The van der Waals surface area contributed by atoms with E-state index in [0.29, 0.717) is 5.56 Å². The highest BCUT2D eigenvalue weighted by Gasteiger charge is 2.30. The van der Waals surface area contributed by atoms with Crippen LogP contribution in [-0.4, -0.2) is 16.2 Å². The van der Waals surface area contributed by atoms with Gasteiger partial charge in [-0.3, -0.25) is 0 Å². The van der Waals surface area contributed by atoms with Crippen LogP contribution in [0.3, 0.4) is 0 Å². The van der Waals surface area contributed by atoms with E-state index in [4.69, 9.17) is 9.15 Å². The minimum atomic E-state index is -4.47. The molecule has 1 atom stereocenters. The van der Waals surface area contributed by atoms with Crippen LogP contribution in [0.15, 0.2) is 59.0 Å². The van der Waals surface area contributed by atoms with Crippen molar-refractivity contribution in [3.8, 4) is 11.5 Å². The number of alkyl halides is 3. The summed E-state index contributed by atoms with van der Waals surface area (Å²) in [7, 11) is 0. The lowest BCUT2D eigenvalue weighted by atomic mass is 10.1. The van der Waals surface area contributed by atoms with Gasteiger partial charge in [0.2, 0.25) is 5.89 Å². The number of carbonyl (C=O) groups is 1. The third-order valence-corrected chi connectivity index (χ3v) is 3.80. The zero-order chi connectivity index (χ0) is 21.0. The van der Waals surface area contributed by atoms with Gasteiger partial charge >= 0.3 is 12.1 Å². The van der Waals surface area contributed by atoms with Gasteiger partial charge in [-0.05, 0) is 55.0 Å². The van der Waals surface area contributed by atoms with Gasteiger partial charge in [0.05, 0.1) is 5.56 Å². The molecule has 0 aliphatic carbocycles. The van der Waals surface area contributed by atoms with Crippen molar-refractivity contribution >= 4 is 12.0 Å². The summed E-state index contributed by atoms with van der Waals surface area (Å²) >= 11 is 0. The Morgan fingerprint density at radius 1 is 1.14 bits per heavy atom. The number of rotatable bonds is 5. The van der Waals surface area contributed by atoms with Crippen molar-refractivity contribution in [3.63, 3.8) is 0 Å². The molecule has 150 valence electrons. The quantitative estimate of drug-likeness (QED) is 0.331. The maximum absolute atomic E-state index is 13.0. The molecule has 0 aliphatic rings. The lowest BCUT2D eigenvalue weighted by Gasteiger charge is -2.08. The number of benzene rings is 2. The summed E-state index contributed by atoms with van der Waals surface area (Å²) in [4.78, 5) is 11.9. The van der Waals surface area contributed by atoms with E-state index in [2.05, 4.69) is 10.2 Å². The van der Waals surface area contributed by atoms with Crippen molar-refractivity contribution in [1.29, 1.82) is 0 Å². The molecule has 0 saturated carbocycles. The van der Waals surface area contributed by atoms with Crippen molar-refractivity contribution in [2.45, 2.75) is 19.2 Å². The van der Waals surface area contributed by atoms with E-state index in [-0.39, 0.29) is 17.3 Å². The Hall–Kier alpha value is -3.49. The highest BCUT2D eigenvalue weighted by atomic mass is 19.4. The summed E-state index contributed by atoms with van der Waals surface area (Å²) in [6, 6.07) is 9.91.